The largest absolute Gasteiger partial charge is 0.379 e. The summed E-state index contributed by atoms with van der Waals surface area (Å²) in [7, 11) is 0. The molecule has 0 radical (unpaired) electrons. The molecule has 0 heterocycles. The molecule has 1 rings (SSSR count). The number of ether oxygens (including phenoxy) is 2. The fourth-order valence-electron chi connectivity index (χ4n) is 1.43. The van der Waals surface area contributed by atoms with Gasteiger partial charge in [-0.25, -0.2) is 0 Å². The fraction of sp³-hybridized carbons (Fsp3) is 0.500. The third kappa shape index (κ3) is 5.61. The number of carbonyl (C=O) groups is 1. The van der Waals surface area contributed by atoms with Crippen molar-refractivity contribution in [1.29, 1.82) is 0 Å². The highest BCUT2D eigenvalue weighted by molar-refractivity contribution is 5.97. The van der Waals surface area contributed by atoms with E-state index < -0.39 is 0 Å². The summed E-state index contributed by atoms with van der Waals surface area (Å²) < 4.78 is 10.5. The Bertz CT molecular complexity index is 347. The van der Waals surface area contributed by atoms with Crippen molar-refractivity contribution in [2.45, 2.75) is 20.3 Å². The summed E-state index contributed by atoms with van der Waals surface area (Å²) in [6.45, 7) is 5.92. The summed E-state index contributed by atoms with van der Waals surface area (Å²) in [6.07, 6.45) is 1.00. The van der Waals surface area contributed by atoms with Crippen LogP contribution in [0, 0.1) is 6.92 Å². The SMILES string of the molecule is CCCOCCOCC(=O)c1cccc(C)c1. The highest BCUT2D eigenvalue weighted by atomic mass is 16.5. The number of hydrogen-bond acceptors (Lipinski definition) is 3. The second kappa shape index (κ2) is 7.98. The second-order valence-corrected chi connectivity index (χ2v) is 3.96. The Hall–Kier alpha value is -1.19. The molecule has 0 atom stereocenters. The maximum Gasteiger partial charge on any atom is 0.188 e. The van der Waals surface area contributed by atoms with Crippen LogP contribution in [0.25, 0.3) is 0 Å². The van der Waals surface area contributed by atoms with Gasteiger partial charge < -0.3 is 9.47 Å². The van der Waals surface area contributed by atoms with Crippen molar-refractivity contribution in [3.05, 3.63) is 35.4 Å². The predicted octanol–water partition coefficient (Wildman–Crippen LogP) is 2.62. The van der Waals surface area contributed by atoms with Gasteiger partial charge in [-0.15, -0.1) is 0 Å². The van der Waals surface area contributed by atoms with Crippen molar-refractivity contribution in [3.63, 3.8) is 0 Å². The molecule has 0 aliphatic carbocycles. The summed E-state index contributed by atoms with van der Waals surface area (Å²) in [6, 6.07) is 7.54. The highest BCUT2D eigenvalue weighted by Gasteiger charge is 2.05. The molecule has 1 aromatic carbocycles. The normalized spacial score (nSPS) is 10.5. The lowest BCUT2D eigenvalue weighted by Gasteiger charge is -2.05. The van der Waals surface area contributed by atoms with E-state index in [1.54, 1.807) is 0 Å². The first-order chi connectivity index (χ1) is 8.24. The Labute approximate surface area is 103 Å². The van der Waals surface area contributed by atoms with Crippen LogP contribution in [-0.4, -0.2) is 32.2 Å². The number of aryl methyl sites for hydroxylation is 1. The van der Waals surface area contributed by atoms with E-state index in [-0.39, 0.29) is 12.4 Å². The van der Waals surface area contributed by atoms with E-state index >= 15 is 0 Å². The van der Waals surface area contributed by atoms with Crippen molar-refractivity contribution >= 4 is 5.78 Å². The van der Waals surface area contributed by atoms with Crippen LogP contribution in [-0.2, 0) is 9.47 Å². The summed E-state index contributed by atoms with van der Waals surface area (Å²) in [5, 5.41) is 0. The van der Waals surface area contributed by atoms with Crippen molar-refractivity contribution in [3.8, 4) is 0 Å². The molecular formula is C14H20O3. The summed E-state index contributed by atoms with van der Waals surface area (Å²) in [4.78, 5) is 11.7. The molecule has 0 fully saturated rings. The molecule has 0 spiro atoms. The van der Waals surface area contributed by atoms with Crippen molar-refractivity contribution < 1.29 is 14.3 Å². The van der Waals surface area contributed by atoms with Gasteiger partial charge in [-0.1, -0.05) is 30.7 Å². The van der Waals surface area contributed by atoms with Crippen molar-refractivity contribution in [2.24, 2.45) is 0 Å². The number of ketones is 1. The number of rotatable bonds is 8. The van der Waals surface area contributed by atoms with Gasteiger partial charge in [-0.2, -0.15) is 0 Å². The van der Waals surface area contributed by atoms with Crippen LogP contribution in [0.4, 0.5) is 0 Å². The van der Waals surface area contributed by atoms with Gasteiger partial charge in [0.1, 0.15) is 6.61 Å². The number of Topliss-reactive ketones (excluding diaryl/α,β-unsaturated/α-hetero) is 1. The van der Waals surface area contributed by atoms with Gasteiger partial charge in [0, 0.05) is 12.2 Å². The maximum absolute atomic E-state index is 11.7. The van der Waals surface area contributed by atoms with Crippen LogP contribution in [0.1, 0.15) is 29.3 Å². The minimum atomic E-state index is 0.0178. The molecule has 1 aromatic rings. The molecule has 94 valence electrons. The summed E-state index contributed by atoms with van der Waals surface area (Å²) in [5.41, 5.74) is 1.79. The van der Waals surface area contributed by atoms with E-state index in [1.807, 2.05) is 31.2 Å². The first-order valence-corrected chi connectivity index (χ1v) is 5.99. The fourth-order valence-corrected chi connectivity index (χ4v) is 1.43. The molecule has 0 N–H and O–H groups in total. The summed E-state index contributed by atoms with van der Waals surface area (Å²) in [5.74, 6) is 0.0178. The third-order valence-electron chi connectivity index (χ3n) is 2.29. The minimum Gasteiger partial charge on any atom is -0.379 e. The average Bonchev–Trinajstić information content (AvgIpc) is 2.33. The molecule has 0 aromatic heterocycles. The van der Waals surface area contributed by atoms with E-state index in [9.17, 15) is 4.79 Å². The average molecular weight is 236 g/mol. The van der Waals surface area contributed by atoms with Gasteiger partial charge in [0.05, 0.1) is 13.2 Å². The van der Waals surface area contributed by atoms with E-state index in [2.05, 4.69) is 6.92 Å². The minimum absolute atomic E-state index is 0.0178. The Morgan fingerprint density at radius 1 is 1.18 bits per heavy atom. The molecule has 0 aliphatic rings. The third-order valence-corrected chi connectivity index (χ3v) is 2.29. The molecule has 0 amide bonds. The smallest absolute Gasteiger partial charge is 0.188 e. The standard InChI is InChI=1S/C14H20O3/c1-3-7-16-8-9-17-11-14(15)13-6-4-5-12(2)10-13/h4-6,10H,3,7-9,11H2,1-2H3. The molecule has 0 unspecified atom stereocenters. The van der Waals surface area contributed by atoms with E-state index in [0.29, 0.717) is 18.8 Å². The second-order valence-electron chi connectivity index (χ2n) is 3.96. The van der Waals surface area contributed by atoms with Crippen LogP contribution in [0.5, 0.6) is 0 Å². The first kappa shape index (κ1) is 13.9. The zero-order chi connectivity index (χ0) is 12.5. The Morgan fingerprint density at radius 3 is 2.65 bits per heavy atom. The van der Waals surface area contributed by atoms with Crippen molar-refractivity contribution in [2.75, 3.05) is 26.4 Å². The van der Waals surface area contributed by atoms with Gasteiger partial charge in [-0.05, 0) is 19.4 Å². The Kier molecular flexibility index (Phi) is 6.51. The van der Waals surface area contributed by atoms with E-state index in [1.165, 1.54) is 0 Å². The Balaban J connectivity index is 2.21. The lowest BCUT2D eigenvalue weighted by Crippen LogP contribution is -2.12. The van der Waals surface area contributed by atoms with Crippen LogP contribution < -0.4 is 0 Å². The van der Waals surface area contributed by atoms with Crippen LogP contribution >= 0.6 is 0 Å². The quantitative estimate of drug-likeness (QED) is 0.514. The van der Waals surface area contributed by atoms with Crippen LogP contribution in [0.2, 0.25) is 0 Å². The molecule has 0 bridgehead atoms. The van der Waals surface area contributed by atoms with Crippen molar-refractivity contribution in [1.82, 2.24) is 0 Å². The van der Waals surface area contributed by atoms with Gasteiger partial charge in [0.25, 0.3) is 0 Å². The molecule has 3 heteroatoms. The number of hydrogen-bond donors (Lipinski definition) is 0. The first-order valence-electron chi connectivity index (χ1n) is 5.99. The molecule has 0 aliphatic heterocycles. The topological polar surface area (TPSA) is 35.5 Å². The monoisotopic (exact) mass is 236 g/mol. The van der Waals surface area contributed by atoms with Gasteiger partial charge in [0.2, 0.25) is 0 Å². The maximum atomic E-state index is 11.7. The molecular weight excluding hydrogens is 216 g/mol. The zero-order valence-electron chi connectivity index (χ0n) is 10.6. The molecule has 3 nitrogen and oxygen atoms in total. The highest BCUT2D eigenvalue weighted by Crippen LogP contribution is 2.04. The van der Waals surface area contributed by atoms with Crippen LogP contribution in [0.15, 0.2) is 24.3 Å². The zero-order valence-corrected chi connectivity index (χ0v) is 10.6. The lowest BCUT2D eigenvalue weighted by atomic mass is 10.1. The van der Waals surface area contributed by atoms with Gasteiger partial charge in [0.15, 0.2) is 5.78 Å². The number of carbonyl (C=O) groups excluding carboxylic acids is 1. The van der Waals surface area contributed by atoms with E-state index in [0.717, 1.165) is 18.6 Å². The van der Waals surface area contributed by atoms with Gasteiger partial charge >= 0.3 is 0 Å². The Morgan fingerprint density at radius 2 is 1.94 bits per heavy atom. The van der Waals surface area contributed by atoms with E-state index in [4.69, 9.17) is 9.47 Å². The molecule has 0 saturated heterocycles. The van der Waals surface area contributed by atoms with Gasteiger partial charge in [-0.3, -0.25) is 4.79 Å². The molecule has 17 heavy (non-hydrogen) atoms. The summed E-state index contributed by atoms with van der Waals surface area (Å²) >= 11 is 0. The lowest BCUT2D eigenvalue weighted by molar-refractivity contribution is 0.0441. The number of benzene rings is 1. The predicted molar refractivity (Wildman–Crippen MR) is 67.4 cm³/mol. The van der Waals surface area contributed by atoms with Crippen LogP contribution in [0.3, 0.4) is 0 Å². The molecule has 0 saturated carbocycles.